The van der Waals surface area contributed by atoms with Crippen LogP contribution in [-0.4, -0.2) is 21.6 Å². The summed E-state index contributed by atoms with van der Waals surface area (Å²) in [7, 11) is 1.83. The minimum absolute atomic E-state index is 0.308. The van der Waals surface area contributed by atoms with Crippen molar-refractivity contribution in [1.29, 1.82) is 0 Å². The molecule has 1 amide bonds. The Labute approximate surface area is 176 Å². The average molecular weight is 410 g/mol. The monoisotopic (exact) mass is 409 g/mol. The van der Waals surface area contributed by atoms with Gasteiger partial charge in [0.05, 0.1) is 0 Å². The standard InChI is InChI=1S/C24H28FN3O2/c1-15(2)21-10-9-20(13-16(21)3)30-17(4)24(29)27-22(23-26-11-12-28(23)5)18-7-6-8-19(25)14-18/h6-15,17,22H,1-5H3,(H,27,29). The first-order chi connectivity index (χ1) is 14.3. The number of rotatable bonds is 7. The van der Waals surface area contributed by atoms with Crippen molar-refractivity contribution < 1.29 is 13.9 Å². The molecule has 2 aromatic carbocycles. The molecule has 0 aliphatic heterocycles. The van der Waals surface area contributed by atoms with E-state index in [0.717, 1.165) is 5.56 Å². The number of carbonyl (C=O) groups excluding carboxylic acids is 1. The molecule has 0 aliphatic carbocycles. The Bertz CT molecular complexity index is 1030. The van der Waals surface area contributed by atoms with E-state index in [2.05, 4.69) is 24.1 Å². The number of nitrogens with one attached hydrogen (secondary N) is 1. The second kappa shape index (κ2) is 9.11. The van der Waals surface area contributed by atoms with Crippen molar-refractivity contribution in [2.24, 2.45) is 7.05 Å². The topological polar surface area (TPSA) is 56.1 Å². The van der Waals surface area contributed by atoms with Crippen LogP contribution in [0.5, 0.6) is 5.75 Å². The number of halogens is 1. The molecule has 1 N–H and O–H groups in total. The van der Waals surface area contributed by atoms with Crippen molar-refractivity contribution in [3.05, 3.63) is 83.2 Å². The number of ether oxygens (including phenoxy) is 1. The Morgan fingerprint density at radius 1 is 1.17 bits per heavy atom. The molecule has 0 bridgehead atoms. The first-order valence-corrected chi connectivity index (χ1v) is 10.1. The van der Waals surface area contributed by atoms with Gasteiger partial charge in [-0.2, -0.15) is 0 Å². The van der Waals surface area contributed by atoms with Crippen molar-refractivity contribution in [1.82, 2.24) is 14.9 Å². The summed E-state index contributed by atoms with van der Waals surface area (Å²) in [6.07, 6.45) is 2.70. The number of aryl methyl sites for hydroxylation is 2. The zero-order valence-electron chi connectivity index (χ0n) is 18.0. The summed E-state index contributed by atoms with van der Waals surface area (Å²) in [4.78, 5) is 17.3. The molecule has 3 aromatic rings. The van der Waals surface area contributed by atoms with Gasteiger partial charge in [0.2, 0.25) is 0 Å². The number of amides is 1. The lowest BCUT2D eigenvalue weighted by molar-refractivity contribution is -0.127. The summed E-state index contributed by atoms with van der Waals surface area (Å²) in [6, 6.07) is 11.4. The van der Waals surface area contributed by atoms with Crippen molar-refractivity contribution in [3.8, 4) is 5.75 Å². The number of carbonyl (C=O) groups is 1. The molecule has 0 spiro atoms. The Kier molecular flexibility index (Phi) is 6.55. The molecule has 2 unspecified atom stereocenters. The van der Waals surface area contributed by atoms with Crippen LogP contribution in [0.1, 0.15) is 55.2 Å². The van der Waals surface area contributed by atoms with Crippen molar-refractivity contribution in [2.45, 2.75) is 45.8 Å². The quantitative estimate of drug-likeness (QED) is 0.617. The Balaban J connectivity index is 1.78. The van der Waals surface area contributed by atoms with Gasteiger partial charge in [0.15, 0.2) is 6.10 Å². The summed E-state index contributed by atoms with van der Waals surface area (Å²) >= 11 is 0. The van der Waals surface area contributed by atoms with E-state index in [1.54, 1.807) is 36.0 Å². The lowest BCUT2D eigenvalue weighted by atomic mass is 9.98. The van der Waals surface area contributed by atoms with Crippen molar-refractivity contribution in [3.63, 3.8) is 0 Å². The van der Waals surface area contributed by atoms with Gasteiger partial charge < -0.3 is 14.6 Å². The molecular formula is C24H28FN3O2. The van der Waals surface area contributed by atoms with Crippen molar-refractivity contribution in [2.75, 3.05) is 0 Å². The van der Waals surface area contributed by atoms with Gasteiger partial charge in [-0.25, -0.2) is 9.37 Å². The van der Waals surface area contributed by atoms with Gasteiger partial charge in [0, 0.05) is 19.4 Å². The van der Waals surface area contributed by atoms with Gasteiger partial charge in [-0.05, 0) is 60.7 Å². The molecular weight excluding hydrogens is 381 g/mol. The molecule has 5 nitrogen and oxygen atoms in total. The van der Waals surface area contributed by atoms with E-state index in [-0.39, 0.29) is 11.7 Å². The second-order valence-electron chi connectivity index (χ2n) is 7.83. The molecule has 30 heavy (non-hydrogen) atoms. The molecule has 0 radical (unpaired) electrons. The number of aromatic nitrogens is 2. The molecule has 0 saturated carbocycles. The zero-order valence-corrected chi connectivity index (χ0v) is 18.0. The van der Waals surface area contributed by atoms with E-state index >= 15 is 0 Å². The highest BCUT2D eigenvalue weighted by Crippen LogP contribution is 2.25. The lowest BCUT2D eigenvalue weighted by Gasteiger charge is -2.22. The lowest BCUT2D eigenvalue weighted by Crippen LogP contribution is -2.39. The van der Waals surface area contributed by atoms with Gasteiger partial charge >= 0.3 is 0 Å². The van der Waals surface area contributed by atoms with Gasteiger partial charge in [-0.15, -0.1) is 0 Å². The van der Waals surface area contributed by atoms with E-state index in [0.29, 0.717) is 23.1 Å². The number of imidazole rings is 1. The molecule has 0 aliphatic rings. The normalized spacial score (nSPS) is 13.2. The van der Waals surface area contributed by atoms with Crippen LogP contribution in [-0.2, 0) is 11.8 Å². The first-order valence-electron chi connectivity index (χ1n) is 10.1. The summed E-state index contributed by atoms with van der Waals surface area (Å²) < 4.78 is 21.5. The fraction of sp³-hybridized carbons (Fsp3) is 0.333. The van der Waals surface area contributed by atoms with Crippen LogP contribution in [0.2, 0.25) is 0 Å². The predicted molar refractivity (Wildman–Crippen MR) is 115 cm³/mol. The minimum atomic E-state index is -0.731. The van der Waals surface area contributed by atoms with Crippen LogP contribution in [0.3, 0.4) is 0 Å². The van der Waals surface area contributed by atoms with Gasteiger partial charge in [-0.1, -0.05) is 32.0 Å². The van der Waals surface area contributed by atoms with Gasteiger partial charge in [-0.3, -0.25) is 4.79 Å². The third kappa shape index (κ3) is 4.87. The maximum atomic E-state index is 13.8. The molecule has 3 rings (SSSR count). The van der Waals surface area contributed by atoms with Crippen LogP contribution in [0.4, 0.5) is 4.39 Å². The smallest absolute Gasteiger partial charge is 0.261 e. The van der Waals surface area contributed by atoms with E-state index in [1.807, 2.05) is 32.2 Å². The number of benzene rings is 2. The molecule has 1 aromatic heterocycles. The Hall–Kier alpha value is -3.15. The van der Waals surface area contributed by atoms with E-state index in [4.69, 9.17) is 4.74 Å². The Morgan fingerprint density at radius 2 is 1.93 bits per heavy atom. The van der Waals surface area contributed by atoms with Crippen LogP contribution in [0.15, 0.2) is 54.9 Å². The third-order valence-electron chi connectivity index (χ3n) is 5.13. The van der Waals surface area contributed by atoms with Crippen LogP contribution >= 0.6 is 0 Å². The van der Waals surface area contributed by atoms with Crippen LogP contribution in [0.25, 0.3) is 0 Å². The van der Waals surface area contributed by atoms with E-state index in [1.165, 1.54) is 17.7 Å². The minimum Gasteiger partial charge on any atom is -0.481 e. The highest BCUT2D eigenvalue weighted by molar-refractivity contribution is 5.81. The largest absolute Gasteiger partial charge is 0.481 e. The maximum Gasteiger partial charge on any atom is 0.261 e. The summed E-state index contributed by atoms with van der Waals surface area (Å²) in [5, 5.41) is 2.95. The SMILES string of the molecule is Cc1cc(OC(C)C(=O)NC(c2cccc(F)c2)c2nccn2C)ccc1C(C)C. The fourth-order valence-corrected chi connectivity index (χ4v) is 3.52. The Morgan fingerprint density at radius 3 is 2.53 bits per heavy atom. The fourth-order valence-electron chi connectivity index (χ4n) is 3.52. The first kappa shape index (κ1) is 21.6. The maximum absolute atomic E-state index is 13.8. The summed E-state index contributed by atoms with van der Waals surface area (Å²) in [6.45, 7) is 8.02. The van der Waals surface area contributed by atoms with Crippen LogP contribution in [0, 0.1) is 12.7 Å². The highest BCUT2D eigenvalue weighted by atomic mass is 19.1. The van der Waals surface area contributed by atoms with E-state index in [9.17, 15) is 9.18 Å². The highest BCUT2D eigenvalue weighted by Gasteiger charge is 2.25. The molecule has 0 fully saturated rings. The van der Waals surface area contributed by atoms with Gasteiger partial charge in [0.25, 0.3) is 5.91 Å². The molecule has 2 atom stereocenters. The predicted octanol–water partition coefficient (Wildman–Crippen LogP) is 4.66. The van der Waals surface area contributed by atoms with Crippen LogP contribution < -0.4 is 10.1 Å². The molecule has 158 valence electrons. The third-order valence-corrected chi connectivity index (χ3v) is 5.13. The average Bonchev–Trinajstić information content (AvgIpc) is 3.11. The zero-order chi connectivity index (χ0) is 21.8. The van der Waals surface area contributed by atoms with E-state index < -0.39 is 12.1 Å². The summed E-state index contributed by atoms with van der Waals surface area (Å²) in [5.41, 5.74) is 2.99. The molecule has 6 heteroatoms. The molecule has 0 saturated heterocycles. The van der Waals surface area contributed by atoms with Gasteiger partial charge in [0.1, 0.15) is 23.4 Å². The number of hydrogen-bond acceptors (Lipinski definition) is 3. The second-order valence-corrected chi connectivity index (χ2v) is 7.83. The summed E-state index contributed by atoms with van der Waals surface area (Å²) in [5.74, 6) is 0.991. The number of hydrogen-bond donors (Lipinski definition) is 1. The molecule has 1 heterocycles. The van der Waals surface area contributed by atoms with Crippen molar-refractivity contribution >= 4 is 5.91 Å². The number of nitrogens with zero attached hydrogens (tertiary/aromatic N) is 2.